The normalized spacial score (nSPS) is 19.8. The Kier molecular flexibility index (Phi) is 6.86. The van der Waals surface area contributed by atoms with Crippen LogP contribution in [0.1, 0.15) is 30.5 Å². The summed E-state index contributed by atoms with van der Waals surface area (Å²) in [7, 11) is 2.19. The Bertz CT molecular complexity index is 888. The SMILES string of the molecule is CN1CCN(c2ccc(-c3nc4c(c(NCCCN5CCCC5)n3)COCC4)cc2)CC1. The zero-order chi connectivity index (χ0) is 21.8. The van der Waals surface area contributed by atoms with Crippen molar-refractivity contribution < 1.29 is 4.74 Å². The smallest absolute Gasteiger partial charge is 0.161 e. The van der Waals surface area contributed by atoms with Crippen molar-refractivity contribution in [3.05, 3.63) is 35.5 Å². The Morgan fingerprint density at radius 3 is 2.53 bits per heavy atom. The van der Waals surface area contributed by atoms with Crippen LogP contribution in [0, 0.1) is 0 Å². The second-order valence-corrected chi connectivity index (χ2v) is 9.29. The van der Waals surface area contributed by atoms with Crippen LogP contribution in [-0.2, 0) is 17.8 Å². The maximum absolute atomic E-state index is 5.72. The summed E-state index contributed by atoms with van der Waals surface area (Å²) in [6.45, 7) is 10.3. The van der Waals surface area contributed by atoms with E-state index in [4.69, 9.17) is 14.7 Å². The van der Waals surface area contributed by atoms with Crippen molar-refractivity contribution in [3.63, 3.8) is 0 Å². The number of anilines is 2. The molecule has 172 valence electrons. The Labute approximate surface area is 191 Å². The fraction of sp³-hybridized carbons (Fsp3) is 0.600. The molecule has 0 atom stereocenters. The Morgan fingerprint density at radius 1 is 0.969 bits per heavy atom. The Balaban J connectivity index is 1.29. The topological polar surface area (TPSA) is 56.8 Å². The lowest BCUT2D eigenvalue weighted by atomic mass is 10.1. The molecular weight excluding hydrogens is 400 g/mol. The zero-order valence-electron chi connectivity index (χ0n) is 19.4. The van der Waals surface area contributed by atoms with Gasteiger partial charge in [0, 0.05) is 56.0 Å². The molecule has 0 aliphatic carbocycles. The molecule has 4 heterocycles. The minimum absolute atomic E-state index is 0.604. The van der Waals surface area contributed by atoms with Gasteiger partial charge in [0.1, 0.15) is 5.82 Å². The van der Waals surface area contributed by atoms with Gasteiger partial charge in [0.15, 0.2) is 5.82 Å². The Hall–Kier alpha value is -2.22. The molecule has 0 spiro atoms. The van der Waals surface area contributed by atoms with Gasteiger partial charge in [-0.2, -0.15) is 0 Å². The van der Waals surface area contributed by atoms with Crippen molar-refractivity contribution in [2.24, 2.45) is 0 Å². The number of nitrogens with one attached hydrogen (secondary N) is 1. The molecular formula is C25H36N6O. The van der Waals surface area contributed by atoms with Crippen LogP contribution in [0.5, 0.6) is 0 Å². The third kappa shape index (κ3) is 5.05. The minimum atomic E-state index is 0.604. The molecule has 1 N–H and O–H groups in total. The number of hydrogen-bond donors (Lipinski definition) is 1. The van der Waals surface area contributed by atoms with Crippen LogP contribution in [0.4, 0.5) is 11.5 Å². The number of piperazine rings is 1. The quantitative estimate of drug-likeness (QED) is 0.670. The summed E-state index contributed by atoms with van der Waals surface area (Å²) in [6.07, 6.45) is 4.68. The number of ether oxygens (including phenoxy) is 1. The number of aromatic nitrogens is 2. The summed E-state index contributed by atoms with van der Waals surface area (Å²) < 4.78 is 5.72. The van der Waals surface area contributed by atoms with E-state index >= 15 is 0 Å². The van der Waals surface area contributed by atoms with E-state index in [-0.39, 0.29) is 0 Å². The largest absolute Gasteiger partial charge is 0.376 e. The monoisotopic (exact) mass is 436 g/mol. The van der Waals surface area contributed by atoms with Crippen LogP contribution >= 0.6 is 0 Å². The van der Waals surface area contributed by atoms with Gasteiger partial charge in [-0.05, 0) is 70.2 Å². The van der Waals surface area contributed by atoms with Crippen molar-refractivity contribution in [2.75, 3.05) is 76.2 Å². The maximum atomic E-state index is 5.72. The van der Waals surface area contributed by atoms with Gasteiger partial charge in [-0.25, -0.2) is 9.97 Å². The van der Waals surface area contributed by atoms with Gasteiger partial charge in [-0.15, -0.1) is 0 Å². The van der Waals surface area contributed by atoms with E-state index in [0.717, 1.165) is 87.2 Å². The molecule has 2 fully saturated rings. The van der Waals surface area contributed by atoms with Gasteiger partial charge in [-0.3, -0.25) is 0 Å². The molecule has 1 aromatic carbocycles. The van der Waals surface area contributed by atoms with Crippen LogP contribution in [0.3, 0.4) is 0 Å². The average molecular weight is 437 g/mol. The highest BCUT2D eigenvalue weighted by Crippen LogP contribution is 2.28. The van der Waals surface area contributed by atoms with Crippen LogP contribution in [0.2, 0.25) is 0 Å². The second-order valence-electron chi connectivity index (χ2n) is 9.29. The van der Waals surface area contributed by atoms with Gasteiger partial charge in [0.05, 0.1) is 18.9 Å². The first-order chi connectivity index (χ1) is 15.8. The molecule has 3 aliphatic rings. The molecule has 3 aliphatic heterocycles. The molecule has 32 heavy (non-hydrogen) atoms. The molecule has 0 radical (unpaired) electrons. The number of benzene rings is 1. The van der Waals surface area contributed by atoms with Crippen LogP contribution in [-0.4, -0.2) is 85.8 Å². The average Bonchev–Trinajstić information content (AvgIpc) is 3.36. The van der Waals surface area contributed by atoms with E-state index < -0.39 is 0 Å². The van der Waals surface area contributed by atoms with Crippen molar-refractivity contribution >= 4 is 11.5 Å². The predicted molar refractivity (Wildman–Crippen MR) is 129 cm³/mol. The van der Waals surface area contributed by atoms with Gasteiger partial charge < -0.3 is 24.8 Å². The molecule has 7 nitrogen and oxygen atoms in total. The van der Waals surface area contributed by atoms with Crippen molar-refractivity contribution in [1.82, 2.24) is 19.8 Å². The first kappa shape index (κ1) is 21.6. The lowest BCUT2D eigenvalue weighted by molar-refractivity contribution is 0.109. The zero-order valence-corrected chi connectivity index (χ0v) is 19.4. The van der Waals surface area contributed by atoms with Crippen molar-refractivity contribution in [3.8, 4) is 11.4 Å². The first-order valence-corrected chi connectivity index (χ1v) is 12.2. The second kappa shape index (κ2) is 10.1. The lowest BCUT2D eigenvalue weighted by Crippen LogP contribution is -2.44. The molecule has 5 rings (SSSR count). The summed E-state index contributed by atoms with van der Waals surface area (Å²) in [5.41, 5.74) is 4.63. The summed E-state index contributed by atoms with van der Waals surface area (Å²) >= 11 is 0. The van der Waals surface area contributed by atoms with Gasteiger partial charge in [0.25, 0.3) is 0 Å². The number of likely N-dealkylation sites (tertiary alicyclic amines) is 1. The van der Waals surface area contributed by atoms with Crippen LogP contribution in [0.15, 0.2) is 24.3 Å². The first-order valence-electron chi connectivity index (χ1n) is 12.2. The summed E-state index contributed by atoms with van der Waals surface area (Å²) in [5, 5.41) is 3.60. The fourth-order valence-electron chi connectivity index (χ4n) is 4.91. The highest BCUT2D eigenvalue weighted by Gasteiger charge is 2.20. The van der Waals surface area contributed by atoms with Gasteiger partial charge in [-0.1, -0.05) is 0 Å². The molecule has 0 bridgehead atoms. The lowest BCUT2D eigenvalue weighted by Gasteiger charge is -2.34. The molecule has 1 aromatic heterocycles. The molecule has 0 unspecified atom stereocenters. The molecule has 0 amide bonds. The van der Waals surface area contributed by atoms with Crippen molar-refractivity contribution in [2.45, 2.75) is 32.3 Å². The van der Waals surface area contributed by atoms with E-state index in [0.29, 0.717) is 6.61 Å². The molecule has 7 heteroatoms. The molecule has 2 saturated heterocycles. The Morgan fingerprint density at radius 2 is 1.75 bits per heavy atom. The summed E-state index contributed by atoms with van der Waals surface area (Å²) in [4.78, 5) is 17.3. The van der Waals surface area contributed by atoms with E-state index in [1.165, 1.54) is 31.6 Å². The number of nitrogens with zero attached hydrogens (tertiary/aromatic N) is 5. The van der Waals surface area contributed by atoms with Crippen LogP contribution < -0.4 is 10.2 Å². The minimum Gasteiger partial charge on any atom is -0.376 e. The van der Waals surface area contributed by atoms with E-state index in [9.17, 15) is 0 Å². The summed E-state index contributed by atoms with van der Waals surface area (Å²) in [5.74, 6) is 1.77. The maximum Gasteiger partial charge on any atom is 0.161 e. The number of hydrogen-bond acceptors (Lipinski definition) is 7. The third-order valence-electron chi connectivity index (χ3n) is 6.96. The van der Waals surface area contributed by atoms with Gasteiger partial charge >= 0.3 is 0 Å². The van der Waals surface area contributed by atoms with E-state index in [1.54, 1.807) is 0 Å². The standard InChI is InChI=1S/C25H36N6O/c1-29-14-16-31(17-15-29)21-7-5-20(6-8-21)24-27-23-9-18-32-19-22(23)25(28-24)26-10-4-13-30-11-2-3-12-30/h5-8H,2-4,9-19H2,1H3,(H,26,27,28). The highest BCUT2D eigenvalue weighted by atomic mass is 16.5. The third-order valence-corrected chi connectivity index (χ3v) is 6.96. The highest BCUT2D eigenvalue weighted by molar-refractivity contribution is 5.63. The number of fused-ring (bicyclic) bond motifs is 1. The predicted octanol–water partition coefficient (Wildman–Crippen LogP) is 2.87. The fourth-order valence-corrected chi connectivity index (χ4v) is 4.91. The van der Waals surface area contributed by atoms with Crippen molar-refractivity contribution in [1.29, 1.82) is 0 Å². The number of rotatable bonds is 7. The van der Waals surface area contributed by atoms with E-state index in [2.05, 4.69) is 51.3 Å². The summed E-state index contributed by atoms with van der Waals surface area (Å²) in [6, 6.07) is 8.78. The van der Waals surface area contributed by atoms with E-state index in [1.807, 2.05) is 0 Å². The van der Waals surface area contributed by atoms with Crippen LogP contribution in [0.25, 0.3) is 11.4 Å². The molecule has 0 saturated carbocycles. The molecule has 2 aromatic rings. The van der Waals surface area contributed by atoms with Gasteiger partial charge in [0.2, 0.25) is 0 Å². The number of likely N-dealkylation sites (N-methyl/N-ethyl adjacent to an activating group) is 1.